The number of aliphatic carboxylic acids is 1. The monoisotopic (exact) mass is 465 g/mol. The number of benzene rings is 1. The van der Waals surface area contributed by atoms with E-state index in [1.165, 1.54) is 30.1 Å². The van der Waals surface area contributed by atoms with Crippen LogP contribution in [0.5, 0.6) is 0 Å². The van der Waals surface area contributed by atoms with Gasteiger partial charge in [0, 0.05) is 16.8 Å². The summed E-state index contributed by atoms with van der Waals surface area (Å²) in [6, 6.07) is 5.83. The molecular weight excluding hydrogens is 441 g/mol. The highest BCUT2D eigenvalue weighted by Crippen LogP contribution is 2.21. The van der Waals surface area contributed by atoms with Crippen molar-refractivity contribution in [3.8, 4) is 0 Å². The first-order chi connectivity index (χ1) is 14.9. The molecule has 0 spiro atoms. The molecule has 7 nitrogen and oxygen atoms in total. The van der Waals surface area contributed by atoms with E-state index < -0.39 is 30.2 Å². The molecule has 0 radical (unpaired) electrons. The number of hydrogen-bond acceptors (Lipinski definition) is 6. The number of hydrogen-bond donors (Lipinski definition) is 3. The highest BCUT2D eigenvalue weighted by atomic mass is 32.2. The number of ketones is 1. The fourth-order valence-corrected chi connectivity index (χ4v) is 4.20. The molecule has 166 valence electrons. The molecule has 0 aliphatic rings. The van der Waals surface area contributed by atoms with E-state index in [0.717, 1.165) is 22.6 Å². The molecule has 31 heavy (non-hydrogen) atoms. The van der Waals surface area contributed by atoms with Crippen LogP contribution in [-0.2, 0) is 15.3 Å². The van der Waals surface area contributed by atoms with Crippen LogP contribution in [0.3, 0.4) is 0 Å². The summed E-state index contributed by atoms with van der Waals surface area (Å²) >= 11 is 2.87. The molecule has 2 rings (SSSR count). The smallest absolute Gasteiger partial charge is 0.319 e. The van der Waals surface area contributed by atoms with Gasteiger partial charge < -0.3 is 15.7 Å². The van der Waals surface area contributed by atoms with Crippen LogP contribution in [0.2, 0.25) is 0 Å². The van der Waals surface area contributed by atoms with Crippen molar-refractivity contribution in [2.45, 2.75) is 36.5 Å². The second-order valence-corrected chi connectivity index (χ2v) is 8.75. The van der Waals surface area contributed by atoms with E-state index in [4.69, 9.17) is 5.11 Å². The van der Waals surface area contributed by atoms with Gasteiger partial charge in [-0.2, -0.15) is 0 Å². The molecule has 1 heterocycles. The normalized spacial score (nSPS) is 11.5. The molecule has 10 heteroatoms. The van der Waals surface area contributed by atoms with Gasteiger partial charge in [-0.25, -0.2) is 9.18 Å². The molecule has 0 unspecified atom stereocenters. The largest absolute Gasteiger partial charge is 0.481 e. The van der Waals surface area contributed by atoms with E-state index in [-0.39, 0.29) is 11.6 Å². The van der Waals surface area contributed by atoms with Gasteiger partial charge in [-0.3, -0.25) is 14.6 Å². The number of carbonyl (C=O) groups excluding carboxylic acids is 2. The first-order valence-electron chi connectivity index (χ1n) is 9.59. The lowest BCUT2D eigenvalue weighted by atomic mass is 10.1. The highest BCUT2D eigenvalue weighted by Gasteiger charge is 2.23. The Kier molecular flexibility index (Phi) is 10.3. The number of carboxylic acids is 1. The lowest BCUT2D eigenvalue weighted by molar-refractivity contribution is -0.139. The summed E-state index contributed by atoms with van der Waals surface area (Å²) in [5.41, 5.74) is 1.29. The first-order valence-corrected chi connectivity index (χ1v) is 11.7. The second kappa shape index (κ2) is 13.0. The van der Waals surface area contributed by atoms with E-state index in [0.29, 0.717) is 11.4 Å². The molecular formula is C21H24FN3O4S2. The molecule has 1 atom stereocenters. The average molecular weight is 466 g/mol. The van der Waals surface area contributed by atoms with Crippen LogP contribution in [0, 0.1) is 5.82 Å². The Morgan fingerprint density at radius 3 is 2.61 bits per heavy atom. The van der Waals surface area contributed by atoms with Gasteiger partial charge >= 0.3 is 12.0 Å². The standard InChI is InChI=1S/C21H24FN3O4S2/c1-2-7-31-17-8-16(10-23-11-17)24-21(29)25-18(9-20(27)28)19(26)13-30-12-14-3-5-15(22)6-4-14/h3-6,8,10-11,18H,2,7,9,12-13H2,1H3,(H,27,28)(H2,24,25,29)/t18-/m0/s1. The number of carbonyl (C=O) groups is 3. The minimum Gasteiger partial charge on any atom is -0.481 e. The third-order valence-corrected chi connectivity index (χ3v) is 6.14. The van der Waals surface area contributed by atoms with Crippen LogP contribution < -0.4 is 10.6 Å². The summed E-state index contributed by atoms with van der Waals surface area (Å²) in [5.74, 6) is -0.544. The Labute approximate surface area is 188 Å². The van der Waals surface area contributed by atoms with Gasteiger partial charge in [0.1, 0.15) is 11.9 Å². The molecule has 0 fully saturated rings. The summed E-state index contributed by atoms with van der Waals surface area (Å²) < 4.78 is 13.0. The maximum atomic E-state index is 13.0. The zero-order valence-corrected chi connectivity index (χ0v) is 18.6. The second-order valence-electron chi connectivity index (χ2n) is 6.59. The molecule has 1 aromatic carbocycles. The van der Waals surface area contributed by atoms with E-state index in [2.05, 4.69) is 22.5 Å². The van der Waals surface area contributed by atoms with Gasteiger partial charge in [-0.1, -0.05) is 19.1 Å². The Morgan fingerprint density at radius 2 is 1.94 bits per heavy atom. The predicted octanol–water partition coefficient (Wildman–Crippen LogP) is 4.19. The van der Waals surface area contributed by atoms with Crippen molar-refractivity contribution in [3.05, 3.63) is 54.1 Å². The van der Waals surface area contributed by atoms with Crippen LogP contribution in [-0.4, -0.2) is 45.4 Å². The quantitative estimate of drug-likeness (QED) is 0.403. The Hall–Kier alpha value is -2.59. The Morgan fingerprint density at radius 1 is 1.19 bits per heavy atom. The van der Waals surface area contributed by atoms with Gasteiger partial charge in [0.2, 0.25) is 0 Å². The van der Waals surface area contributed by atoms with E-state index in [9.17, 15) is 18.8 Å². The van der Waals surface area contributed by atoms with Crippen LogP contribution in [0.25, 0.3) is 0 Å². The number of rotatable bonds is 12. The minimum absolute atomic E-state index is 0.0142. The maximum Gasteiger partial charge on any atom is 0.319 e. The summed E-state index contributed by atoms with van der Waals surface area (Å²) in [7, 11) is 0. The molecule has 2 amide bonds. The van der Waals surface area contributed by atoms with Crippen molar-refractivity contribution in [2.75, 3.05) is 16.8 Å². The number of amides is 2. The van der Waals surface area contributed by atoms with Crippen molar-refractivity contribution in [1.82, 2.24) is 10.3 Å². The topological polar surface area (TPSA) is 108 Å². The number of halogens is 1. The lowest BCUT2D eigenvalue weighted by Gasteiger charge is -2.16. The Bertz CT molecular complexity index is 896. The number of anilines is 1. The molecule has 0 saturated heterocycles. The van der Waals surface area contributed by atoms with Crippen molar-refractivity contribution in [2.24, 2.45) is 0 Å². The zero-order chi connectivity index (χ0) is 22.6. The first kappa shape index (κ1) is 24.7. The molecule has 2 aromatic rings. The van der Waals surface area contributed by atoms with Gasteiger partial charge in [-0.05, 0) is 35.9 Å². The van der Waals surface area contributed by atoms with Gasteiger partial charge in [0.15, 0.2) is 5.78 Å². The molecule has 0 aliphatic carbocycles. The predicted molar refractivity (Wildman–Crippen MR) is 121 cm³/mol. The molecule has 0 saturated carbocycles. The van der Waals surface area contributed by atoms with Crippen molar-refractivity contribution < 1.29 is 23.9 Å². The minimum atomic E-state index is -1.19. The summed E-state index contributed by atoms with van der Waals surface area (Å²) in [4.78, 5) is 40.9. The molecule has 3 N–H and O–H groups in total. The summed E-state index contributed by atoms with van der Waals surface area (Å²) in [6.07, 6.45) is 3.65. The van der Waals surface area contributed by atoms with Gasteiger partial charge in [-0.15, -0.1) is 23.5 Å². The number of aromatic nitrogens is 1. The van der Waals surface area contributed by atoms with Crippen LogP contribution >= 0.6 is 23.5 Å². The lowest BCUT2D eigenvalue weighted by Crippen LogP contribution is -2.45. The number of nitrogens with zero attached hydrogens (tertiary/aromatic N) is 1. The average Bonchev–Trinajstić information content (AvgIpc) is 2.73. The maximum absolute atomic E-state index is 13.0. The van der Waals surface area contributed by atoms with Gasteiger partial charge in [0.05, 0.1) is 24.1 Å². The van der Waals surface area contributed by atoms with Crippen molar-refractivity contribution >= 4 is 47.0 Å². The van der Waals surface area contributed by atoms with E-state index in [1.54, 1.807) is 36.2 Å². The van der Waals surface area contributed by atoms with Crippen LogP contribution in [0.4, 0.5) is 14.9 Å². The van der Waals surface area contributed by atoms with Crippen molar-refractivity contribution in [3.63, 3.8) is 0 Å². The number of nitrogens with one attached hydrogen (secondary N) is 2. The van der Waals surface area contributed by atoms with E-state index >= 15 is 0 Å². The fourth-order valence-electron chi connectivity index (χ4n) is 2.48. The highest BCUT2D eigenvalue weighted by molar-refractivity contribution is 7.99. The number of carboxylic acid groups (broad SMARTS) is 1. The SMILES string of the molecule is CCCSc1cncc(NC(=O)N[C@@H](CC(=O)O)C(=O)CSCc2ccc(F)cc2)c1. The Balaban J connectivity index is 1.90. The van der Waals surface area contributed by atoms with Crippen LogP contribution in [0.1, 0.15) is 25.3 Å². The summed E-state index contributed by atoms with van der Waals surface area (Å²) in [5, 5.41) is 14.1. The number of Topliss-reactive ketones (excluding diaryl/α,β-unsaturated/α-hetero) is 1. The number of thioether (sulfide) groups is 2. The number of pyridine rings is 1. The van der Waals surface area contributed by atoms with E-state index in [1.807, 2.05) is 0 Å². The third kappa shape index (κ3) is 9.39. The zero-order valence-electron chi connectivity index (χ0n) is 17.0. The third-order valence-electron chi connectivity index (χ3n) is 3.94. The number of urea groups is 1. The molecule has 0 aliphatic heterocycles. The molecule has 0 bridgehead atoms. The fraction of sp³-hybridized carbons (Fsp3) is 0.333. The van der Waals surface area contributed by atoms with Crippen LogP contribution in [0.15, 0.2) is 47.6 Å². The van der Waals surface area contributed by atoms with Crippen molar-refractivity contribution in [1.29, 1.82) is 0 Å². The van der Waals surface area contributed by atoms with Gasteiger partial charge in [0.25, 0.3) is 0 Å². The summed E-state index contributed by atoms with van der Waals surface area (Å²) in [6.45, 7) is 2.06. The molecule has 1 aromatic heterocycles.